The highest BCUT2D eigenvalue weighted by molar-refractivity contribution is 5.74. The van der Waals surface area contributed by atoms with Crippen molar-refractivity contribution in [2.45, 2.75) is 26.4 Å². The SMILES string of the molecule is CCN(Cc1ccco1)C(=O)N[C@@H](C)c1nncn1C. The second kappa shape index (κ2) is 6.23. The molecule has 0 saturated carbocycles. The molecule has 2 heterocycles. The number of carbonyl (C=O) groups excluding carboxylic acids is 1. The molecule has 0 radical (unpaired) electrons. The van der Waals surface area contributed by atoms with E-state index in [4.69, 9.17) is 4.42 Å². The normalized spacial score (nSPS) is 12.2. The lowest BCUT2D eigenvalue weighted by Gasteiger charge is -2.22. The average molecular weight is 277 g/mol. The quantitative estimate of drug-likeness (QED) is 0.902. The molecule has 0 unspecified atom stereocenters. The monoisotopic (exact) mass is 277 g/mol. The molecule has 1 atom stereocenters. The van der Waals surface area contributed by atoms with E-state index >= 15 is 0 Å². The molecule has 0 aliphatic heterocycles. The Labute approximate surface area is 117 Å². The summed E-state index contributed by atoms with van der Waals surface area (Å²) in [5.74, 6) is 1.47. The Morgan fingerprint density at radius 3 is 2.95 bits per heavy atom. The first-order valence-corrected chi connectivity index (χ1v) is 6.53. The Morgan fingerprint density at radius 1 is 1.60 bits per heavy atom. The molecule has 2 aromatic rings. The Balaban J connectivity index is 1.97. The fourth-order valence-corrected chi connectivity index (χ4v) is 1.94. The third-order valence-electron chi connectivity index (χ3n) is 3.07. The molecule has 2 rings (SSSR count). The summed E-state index contributed by atoms with van der Waals surface area (Å²) in [5.41, 5.74) is 0. The van der Waals surface area contributed by atoms with Crippen molar-refractivity contribution in [3.8, 4) is 0 Å². The summed E-state index contributed by atoms with van der Waals surface area (Å²) in [6.45, 7) is 4.84. The fourth-order valence-electron chi connectivity index (χ4n) is 1.94. The van der Waals surface area contributed by atoms with Gasteiger partial charge in [-0.2, -0.15) is 0 Å². The maximum absolute atomic E-state index is 12.2. The van der Waals surface area contributed by atoms with E-state index in [-0.39, 0.29) is 12.1 Å². The van der Waals surface area contributed by atoms with E-state index in [0.717, 1.165) is 5.76 Å². The van der Waals surface area contributed by atoms with Gasteiger partial charge >= 0.3 is 6.03 Å². The maximum Gasteiger partial charge on any atom is 0.318 e. The number of hydrogen-bond acceptors (Lipinski definition) is 4. The van der Waals surface area contributed by atoms with E-state index < -0.39 is 0 Å². The number of aryl methyl sites for hydroxylation is 1. The number of urea groups is 1. The molecule has 0 bridgehead atoms. The highest BCUT2D eigenvalue weighted by atomic mass is 16.3. The molecule has 0 spiro atoms. The molecular formula is C13H19N5O2. The van der Waals surface area contributed by atoms with E-state index in [2.05, 4.69) is 15.5 Å². The first-order valence-electron chi connectivity index (χ1n) is 6.53. The molecule has 108 valence electrons. The van der Waals surface area contributed by atoms with Gasteiger partial charge in [0, 0.05) is 13.6 Å². The number of aromatic nitrogens is 3. The van der Waals surface area contributed by atoms with E-state index in [9.17, 15) is 4.79 Å². The number of furan rings is 1. The molecule has 2 aromatic heterocycles. The van der Waals surface area contributed by atoms with Crippen LogP contribution in [0.4, 0.5) is 4.79 Å². The fraction of sp³-hybridized carbons (Fsp3) is 0.462. The predicted octanol–water partition coefficient (Wildman–Crippen LogP) is 1.70. The second-order valence-corrected chi connectivity index (χ2v) is 4.56. The van der Waals surface area contributed by atoms with Crippen molar-refractivity contribution in [3.05, 3.63) is 36.3 Å². The van der Waals surface area contributed by atoms with Crippen LogP contribution < -0.4 is 5.32 Å². The van der Waals surface area contributed by atoms with E-state index in [0.29, 0.717) is 18.9 Å². The second-order valence-electron chi connectivity index (χ2n) is 4.56. The summed E-state index contributed by atoms with van der Waals surface area (Å²) in [6.07, 6.45) is 3.21. The zero-order valence-electron chi connectivity index (χ0n) is 11.9. The smallest absolute Gasteiger partial charge is 0.318 e. The number of hydrogen-bond donors (Lipinski definition) is 1. The minimum Gasteiger partial charge on any atom is -0.467 e. The summed E-state index contributed by atoms with van der Waals surface area (Å²) in [5, 5.41) is 10.7. The van der Waals surface area contributed by atoms with Gasteiger partial charge in [0.2, 0.25) is 0 Å². The van der Waals surface area contributed by atoms with E-state index in [1.165, 1.54) is 0 Å². The number of nitrogens with zero attached hydrogens (tertiary/aromatic N) is 4. The van der Waals surface area contributed by atoms with Crippen molar-refractivity contribution in [2.75, 3.05) is 6.54 Å². The lowest BCUT2D eigenvalue weighted by atomic mass is 10.3. The highest BCUT2D eigenvalue weighted by Gasteiger charge is 2.18. The van der Waals surface area contributed by atoms with Crippen LogP contribution >= 0.6 is 0 Å². The molecule has 0 aliphatic carbocycles. The van der Waals surface area contributed by atoms with Gasteiger partial charge in [-0.05, 0) is 26.0 Å². The molecule has 1 N–H and O–H groups in total. The number of nitrogens with one attached hydrogen (secondary N) is 1. The van der Waals surface area contributed by atoms with E-state index in [1.54, 1.807) is 22.1 Å². The van der Waals surface area contributed by atoms with Crippen LogP contribution in [0.3, 0.4) is 0 Å². The number of rotatable bonds is 5. The van der Waals surface area contributed by atoms with Gasteiger partial charge in [0.25, 0.3) is 0 Å². The van der Waals surface area contributed by atoms with E-state index in [1.807, 2.05) is 33.0 Å². The van der Waals surface area contributed by atoms with Gasteiger partial charge < -0.3 is 19.2 Å². The van der Waals surface area contributed by atoms with Crippen molar-refractivity contribution < 1.29 is 9.21 Å². The topological polar surface area (TPSA) is 76.2 Å². The van der Waals surface area contributed by atoms with Crippen LogP contribution in [0, 0.1) is 0 Å². The Morgan fingerprint density at radius 2 is 2.40 bits per heavy atom. The lowest BCUT2D eigenvalue weighted by molar-refractivity contribution is 0.189. The molecule has 0 aromatic carbocycles. The Hall–Kier alpha value is -2.31. The molecule has 7 nitrogen and oxygen atoms in total. The zero-order chi connectivity index (χ0) is 14.5. The Kier molecular flexibility index (Phi) is 4.39. The minimum atomic E-state index is -0.208. The van der Waals surface area contributed by atoms with Crippen molar-refractivity contribution in [1.29, 1.82) is 0 Å². The maximum atomic E-state index is 12.2. The van der Waals surface area contributed by atoms with Gasteiger partial charge in [-0.3, -0.25) is 0 Å². The first-order chi connectivity index (χ1) is 9.61. The summed E-state index contributed by atoms with van der Waals surface area (Å²) in [7, 11) is 1.85. The largest absolute Gasteiger partial charge is 0.467 e. The Bertz CT molecular complexity index is 549. The lowest BCUT2D eigenvalue weighted by Crippen LogP contribution is -2.41. The van der Waals surface area contributed by atoms with Gasteiger partial charge in [-0.15, -0.1) is 10.2 Å². The van der Waals surface area contributed by atoms with Crippen molar-refractivity contribution in [2.24, 2.45) is 7.05 Å². The molecule has 0 fully saturated rings. The molecule has 7 heteroatoms. The first kappa shape index (κ1) is 14.1. The summed E-state index contributed by atoms with van der Waals surface area (Å²) in [4.78, 5) is 13.9. The standard InChI is InChI=1S/C13H19N5O2/c1-4-18(8-11-6-5-7-20-11)13(19)15-10(2)12-16-14-9-17(12)3/h5-7,9-10H,4,8H2,1-3H3,(H,15,19)/t10-/m0/s1. The van der Waals surface area contributed by atoms with Gasteiger partial charge in [0.1, 0.15) is 12.1 Å². The summed E-state index contributed by atoms with van der Waals surface area (Å²) in [6, 6.07) is 3.30. The van der Waals surface area contributed by atoms with Crippen LogP contribution in [-0.2, 0) is 13.6 Å². The zero-order valence-corrected chi connectivity index (χ0v) is 11.9. The van der Waals surface area contributed by atoms with Crippen molar-refractivity contribution in [3.63, 3.8) is 0 Å². The third-order valence-corrected chi connectivity index (χ3v) is 3.07. The van der Waals surface area contributed by atoms with Crippen LogP contribution in [0.5, 0.6) is 0 Å². The van der Waals surface area contributed by atoms with Crippen LogP contribution in [0.2, 0.25) is 0 Å². The molecular weight excluding hydrogens is 258 g/mol. The molecule has 0 saturated heterocycles. The van der Waals surface area contributed by atoms with Gasteiger partial charge in [-0.25, -0.2) is 4.79 Å². The van der Waals surface area contributed by atoms with Crippen molar-refractivity contribution >= 4 is 6.03 Å². The number of amides is 2. The molecule has 20 heavy (non-hydrogen) atoms. The summed E-state index contributed by atoms with van der Waals surface area (Å²) < 4.78 is 7.05. The predicted molar refractivity (Wildman–Crippen MR) is 72.7 cm³/mol. The van der Waals surface area contributed by atoms with Crippen LogP contribution in [0.1, 0.15) is 31.5 Å². The van der Waals surface area contributed by atoms with Crippen molar-refractivity contribution in [1.82, 2.24) is 25.0 Å². The van der Waals surface area contributed by atoms with Crippen LogP contribution in [0.15, 0.2) is 29.1 Å². The average Bonchev–Trinajstić information content (AvgIpc) is 3.06. The van der Waals surface area contributed by atoms with Crippen LogP contribution in [0.25, 0.3) is 0 Å². The molecule has 2 amide bonds. The van der Waals surface area contributed by atoms with Gasteiger partial charge in [-0.1, -0.05) is 0 Å². The highest BCUT2D eigenvalue weighted by Crippen LogP contribution is 2.10. The third kappa shape index (κ3) is 3.17. The van der Waals surface area contributed by atoms with Gasteiger partial charge in [0.15, 0.2) is 5.82 Å². The number of carbonyl (C=O) groups is 1. The molecule has 0 aliphatic rings. The van der Waals surface area contributed by atoms with Gasteiger partial charge in [0.05, 0.1) is 18.8 Å². The van der Waals surface area contributed by atoms with Crippen LogP contribution in [-0.4, -0.2) is 32.2 Å². The minimum absolute atomic E-state index is 0.153. The summed E-state index contributed by atoms with van der Waals surface area (Å²) >= 11 is 0.